The molecule has 0 aliphatic carbocycles. The van der Waals surface area contributed by atoms with E-state index in [-0.39, 0.29) is 6.04 Å². The molecule has 2 rings (SSSR count). The molecule has 2 aromatic carbocycles. The molecule has 0 fully saturated rings. The van der Waals surface area contributed by atoms with Crippen LogP contribution >= 0.6 is 27.5 Å². The van der Waals surface area contributed by atoms with Crippen molar-refractivity contribution in [1.29, 1.82) is 0 Å². The van der Waals surface area contributed by atoms with Crippen LogP contribution in [0.5, 0.6) is 11.5 Å². The third kappa shape index (κ3) is 3.34. The van der Waals surface area contributed by atoms with Crippen molar-refractivity contribution in [1.82, 2.24) is 5.32 Å². The van der Waals surface area contributed by atoms with Gasteiger partial charge in [-0.15, -0.1) is 0 Å². The van der Waals surface area contributed by atoms with Crippen LogP contribution in [-0.4, -0.2) is 21.3 Å². The Hall–Kier alpha value is -1.23. The molecule has 0 amide bonds. The van der Waals surface area contributed by atoms with Crippen molar-refractivity contribution < 1.29 is 9.47 Å². The predicted molar refractivity (Wildman–Crippen MR) is 89.6 cm³/mol. The van der Waals surface area contributed by atoms with Gasteiger partial charge < -0.3 is 14.8 Å². The first kappa shape index (κ1) is 16.1. The first-order valence-electron chi connectivity index (χ1n) is 6.45. The number of nitrogens with one attached hydrogen (secondary N) is 1. The number of halogens is 2. The largest absolute Gasteiger partial charge is 0.496 e. The Morgan fingerprint density at radius 1 is 1.10 bits per heavy atom. The highest BCUT2D eigenvalue weighted by molar-refractivity contribution is 9.10. The summed E-state index contributed by atoms with van der Waals surface area (Å²) in [5.74, 6) is 1.57. The Kier molecular flexibility index (Phi) is 5.51. The van der Waals surface area contributed by atoms with Gasteiger partial charge in [0, 0.05) is 16.1 Å². The van der Waals surface area contributed by atoms with Crippen LogP contribution in [0.3, 0.4) is 0 Å². The number of ether oxygens (including phenoxy) is 2. The van der Waals surface area contributed by atoms with Crippen LogP contribution in [0.1, 0.15) is 17.2 Å². The van der Waals surface area contributed by atoms with E-state index in [0.717, 1.165) is 27.1 Å². The van der Waals surface area contributed by atoms with Crippen molar-refractivity contribution in [3.05, 3.63) is 57.0 Å². The zero-order valence-electron chi connectivity index (χ0n) is 12.1. The fraction of sp³-hybridized carbons (Fsp3) is 0.250. The monoisotopic (exact) mass is 369 g/mol. The molecule has 1 N–H and O–H groups in total. The summed E-state index contributed by atoms with van der Waals surface area (Å²) in [6.45, 7) is 0. The fourth-order valence-corrected chi connectivity index (χ4v) is 3.39. The van der Waals surface area contributed by atoms with Crippen molar-refractivity contribution in [3.63, 3.8) is 0 Å². The maximum absolute atomic E-state index is 6.20. The van der Waals surface area contributed by atoms with E-state index in [2.05, 4.69) is 21.2 Å². The van der Waals surface area contributed by atoms with Gasteiger partial charge in [0.25, 0.3) is 0 Å². The maximum atomic E-state index is 6.20. The van der Waals surface area contributed by atoms with Crippen LogP contribution in [0.15, 0.2) is 40.9 Å². The number of para-hydroxylation sites is 1. The molecule has 1 unspecified atom stereocenters. The molecule has 0 bridgehead atoms. The second kappa shape index (κ2) is 7.16. The lowest BCUT2D eigenvalue weighted by Crippen LogP contribution is -2.19. The highest BCUT2D eigenvalue weighted by atomic mass is 79.9. The molecule has 0 aromatic heterocycles. The number of benzene rings is 2. The lowest BCUT2D eigenvalue weighted by molar-refractivity contribution is 0.394. The Morgan fingerprint density at radius 2 is 1.81 bits per heavy atom. The van der Waals surface area contributed by atoms with Gasteiger partial charge in [-0.2, -0.15) is 0 Å². The van der Waals surface area contributed by atoms with Gasteiger partial charge in [-0.25, -0.2) is 0 Å². The molecule has 5 heteroatoms. The van der Waals surface area contributed by atoms with Gasteiger partial charge in [0.05, 0.1) is 24.7 Å². The minimum Gasteiger partial charge on any atom is -0.496 e. The van der Waals surface area contributed by atoms with Crippen molar-refractivity contribution in [2.75, 3.05) is 21.3 Å². The van der Waals surface area contributed by atoms with E-state index in [1.807, 2.05) is 43.4 Å². The van der Waals surface area contributed by atoms with Crippen LogP contribution in [0, 0.1) is 0 Å². The molecule has 0 radical (unpaired) electrons. The Morgan fingerprint density at radius 3 is 2.43 bits per heavy atom. The van der Waals surface area contributed by atoms with E-state index < -0.39 is 0 Å². The molecule has 0 aliphatic heterocycles. The third-order valence-electron chi connectivity index (χ3n) is 3.29. The fourth-order valence-electron chi connectivity index (χ4n) is 2.39. The van der Waals surface area contributed by atoms with Crippen LogP contribution in [0.25, 0.3) is 0 Å². The van der Waals surface area contributed by atoms with Gasteiger partial charge >= 0.3 is 0 Å². The summed E-state index contributed by atoms with van der Waals surface area (Å²) in [5.41, 5.74) is 1.97. The smallest absolute Gasteiger partial charge is 0.138 e. The Balaban J connectivity index is 2.61. The summed E-state index contributed by atoms with van der Waals surface area (Å²) in [5, 5.41) is 3.95. The summed E-state index contributed by atoms with van der Waals surface area (Å²) in [4.78, 5) is 0. The molecule has 0 saturated heterocycles. The third-order valence-corrected chi connectivity index (χ3v) is 4.10. The topological polar surface area (TPSA) is 30.5 Å². The highest BCUT2D eigenvalue weighted by Gasteiger charge is 2.22. The van der Waals surface area contributed by atoms with E-state index >= 15 is 0 Å². The summed E-state index contributed by atoms with van der Waals surface area (Å²) in [6.07, 6.45) is 0. The lowest BCUT2D eigenvalue weighted by Gasteiger charge is -2.22. The second-order valence-corrected chi connectivity index (χ2v) is 5.76. The maximum Gasteiger partial charge on any atom is 0.138 e. The van der Waals surface area contributed by atoms with E-state index in [0.29, 0.717) is 5.02 Å². The highest BCUT2D eigenvalue weighted by Crippen LogP contribution is 2.40. The Labute approximate surface area is 138 Å². The minimum atomic E-state index is -0.0916. The molecule has 0 heterocycles. The van der Waals surface area contributed by atoms with Gasteiger partial charge in [0.15, 0.2) is 0 Å². The molecule has 1 atom stereocenters. The molecular formula is C16H17BrClNO2. The standard InChI is InChI=1S/C16H17BrClNO2/c1-19-15(11-6-4-5-7-14(11)20-2)12-8-10(18)9-13(17)16(12)21-3/h4-9,15,19H,1-3H3. The lowest BCUT2D eigenvalue weighted by atomic mass is 9.97. The van der Waals surface area contributed by atoms with Crippen molar-refractivity contribution in [2.45, 2.75) is 6.04 Å². The summed E-state index contributed by atoms with van der Waals surface area (Å²) >= 11 is 9.69. The average molecular weight is 371 g/mol. The minimum absolute atomic E-state index is 0.0916. The SMILES string of the molecule is CNC(c1ccccc1OC)c1cc(Cl)cc(Br)c1OC. The van der Waals surface area contributed by atoms with Crippen molar-refractivity contribution in [2.24, 2.45) is 0 Å². The van der Waals surface area contributed by atoms with Crippen molar-refractivity contribution >= 4 is 27.5 Å². The molecule has 0 aliphatic rings. The van der Waals surface area contributed by atoms with Gasteiger partial charge in [-0.05, 0) is 41.2 Å². The number of hydrogen-bond acceptors (Lipinski definition) is 3. The van der Waals surface area contributed by atoms with Gasteiger partial charge in [-0.1, -0.05) is 29.8 Å². The zero-order valence-corrected chi connectivity index (χ0v) is 14.5. The molecule has 21 heavy (non-hydrogen) atoms. The summed E-state index contributed by atoms with van der Waals surface area (Å²) < 4.78 is 11.8. The zero-order chi connectivity index (χ0) is 15.4. The average Bonchev–Trinajstić information content (AvgIpc) is 2.48. The molecule has 3 nitrogen and oxygen atoms in total. The number of methoxy groups -OCH3 is 2. The van der Waals surface area contributed by atoms with Gasteiger partial charge in [-0.3, -0.25) is 0 Å². The van der Waals surface area contributed by atoms with E-state index in [1.165, 1.54) is 0 Å². The van der Waals surface area contributed by atoms with Crippen molar-refractivity contribution in [3.8, 4) is 11.5 Å². The molecule has 2 aromatic rings. The number of rotatable bonds is 5. The quantitative estimate of drug-likeness (QED) is 0.844. The molecular weight excluding hydrogens is 354 g/mol. The van der Waals surface area contributed by atoms with Crippen LogP contribution in [0.2, 0.25) is 5.02 Å². The first-order valence-corrected chi connectivity index (χ1v) is 7.62. The molecule has 0 saturated carbocycles. The van der Waals surface area contributed by atoms with Crippen LogP contribution < -0.4 is 14.8 Å². The van der Waals surface area contributed by atoms with Gasteiger partial charge in [0.2, 0.25) is 0 Å². The van der Waals surface area contributed by atoms with Gasteiger partial charge in [0.1, 0.15) is 11.5 Å². The van der Waals surface area contributed by atoms with E-state index in [4.69, 9.17) is 21.1 Å². The molecule has 112 valence electrons. The Bertz CT molecular complexity index is 634. The summed E-state index contributed by atoms with van der Waals surface area (Å²) in [7, 11) is 5.20. The van der Waals surface area contributed by atoms with Crippen LogP contribution in [-0.2, 0) is 0 Å². The normalized spacial score (nSPS) is 12.0. The van der Waals surface area contributed by atoms with Crippen LogP contribution in [0.4, 0.5) is 0 Å². The molecule has 0 spiro atoms. The van der Waals surface area contributed by atoms with E-state index in [9.17, 15) is 0 Å². The second-order valence-electron chi connectivity index (χ2n) is 4.47. The van der Waals surface area contributed by atoms with E-state index in [1.54, 1.807) is 14.2 Å². The predicted octanol–water partition coefficient (Wildman–Crippen LogP) is 4.43. The summed E-state index contributed by atoms with van der Waals surface area (Å²) in [6, 6.07) is 11.5. The first-order chi connectivity index (χ1) is 10.1. The number of hydrogen-bond donors (Lipinski definition) is 1.